The summed E-state index contributed by atoms with van der Waals surface area (Å²) in [5.41, 5.74) is 0. The molecule has 0 bridgehead atoms. The molecule has 0 fully saturated rings. The van der Waals surface area contributed by atoms with Crippen LogP contribution >= 0.6 is 0 Å². The van der Waals surface area contributed by atoms with Gasteiger partial charge >= 0.3 is 0 Å². The summed E-state index contributed by atoms with van der Waals surface area (Å²) in [6, 6.07) is 0. The van der Waals surface area contributed by atoms with E-state index < -0.39 is 0 Å². The van der Waals surface area contributed by atoms with E-state index in [1.807, 2.05) is 13.8 Å². The summed E-state index contributed by atoms with van der Waals surface area (Å²) in [5, 5.41) is 2.78. The van der Waals surface area contributed by atoms with Gasteiger partial charge in [0.2, 0.25) is 5.91 Å². The highest BCUT2D eigenvalue weighted by Crippen LogP contribution is 1.97. The van der Waals surface area contributed by atoms with Gasteiger partial charge in [-0.2, -0.15) is 0 Å². The Morgan fingerprint density at radius 1 is 1.12 bits per heavy atom. The zero-order chi connectivity index (χ0) is 12.9. The van der Waals surface area contributed by atoms with Gasteiger partial charge in [0.25, 0.3) is 0 Å². The Labute approximate surface area is 103 Å². The van der Waals surface area contributed by atoms with Crippen molar-refractivity contribution in [3.05, 3.63) is 0 Å². The van der Waals surface area contributed by atoms with E-state index in [2.05, 4.69) is 10.2 Å². The van der Waals surface area contributed by atoms with Gasteiger partial charge in [-0.05, 0) is 5.92 Å². The predicted molar refractivity (Wildman–Crippen MR) is 64.2 cm³/mol. The van der Waals surface area contributed by atoms with Crippen LogP contribution in [-0.2, 0) is 19.1 Å². The maximum Gasteiger partial charge on any atom is 0.220 e. The quantitative estimate of drug-likeness (QED) is 0.399. The number of hydrogen-bond donors (Lipinski definition) is 2. The van der Waals surface area contributed by atoms with Crippen molar-refractivity contribution in [2.45, 2.75) is 20.3 Å². The van der Waals surface area contributed by atoms with Crippen LogP contribution < -0.4 is 11.2 Å². The maximum atomic E-state index is 11.2. The van der Waals surface area contributed by atoms with Gasteiger partial charge in [-0.1, -0.05) is 13.8 Å². The molecule has 0 rings (SSSR count). The first-order valence-electron chi connectivity index (χ1n) is 5.90. The summed E-state index contributed by atoms with van der Waals surface area (Å²) >= 11 is 0. The van der Waals surface area contributed by atoms with E-state index in [1.165, 1.54) is 0 Å². The van der Waals surface area contributed by atoms with Crippen LogP contribution in [0.1, 0.15) is 20.3 Å². The molecule has 17 heavy (non-hydrogen) atoms. The molecule has 0 aliphatic rings. The van der Waals surface area contributed by atoms with Crippen LogP contribution in [0, 0.1) is 5.92 Å². The van der Waals surface area contributed by atoms with Crippen LogP contribution in [0.3, 0.4) is 0 Å². The maximum absolute atomic E-state index is 11.2. The Morgan fingerprint density at radius 3 is 2.29 bits per heavy atom. The van der Waals surface area contributed by atoms with Crippen molar-refractivity contribution in [2.24, 2.45) is 11.8 Å². The van der Waals surface area contributed by atoms with E-state index in [4.69, 9.17) is 15.4 Å². The lowest BCUT2D eigenvalue weighted by atomic mass is 10.1. The minimum Gasteiger partial charge on any atom is -0.377 e. The second-order valence-corrected chi connectivity index (χ2v) is 4.04. The first-order chi connectivity index (χ1) is 8.16. The second-order valence-electron chi connectivity index (χ2n) is 4.04. The van der Waals surface area contributed by atoms with E-state index in [-0.39, 0.29) is 5.91 Å². The summed E-state index contributed by atoms with van der Waals surface area (Å²) in [7, 11) is 0. The number of amides is 1. The third kappa shape index (κ3) is 13.2. The number of hydrogen-bond acceptors (Lipinski definition) is 5. The largest absolute Gasteiger partial charge is 0.377 e. The monoisotopic (exact) mass is 248 g/mol. The molecule has 0 atom stereocenters. The Bertz CT molecular complexity index is 188. The van der Waals surface area contributed by atoms with Crippen LogP contribution in [0.2, 0.25) is 0 Å². The Kier molecular flexibility index (Phi) is 11.3. The van der Waals surface area contributed by atoms with Crippen LogP contribution in [0.25, 0.3) is 0 Å². The molecule has 0 unspecified atom stereocenters. The average Bonchev–Trinajstić information content (AvgIpc) is 2.26. The van der Waals surface area contributed by atoms with E-state index in [0.29, 0.717) is 51.9 Å². The molecular weight excluding hydrogens is 224 g/mol. The zero-order valence-corrected chi connectivity index (χ0v) is 10.7. The zero-order valence-electron chi connectivity index (χ0n) is 10.7. The fourth-order valence-electron chi connectivity index (χ4n) is 1.13. The van der Waals surface area contributed by atoms with Gasteiger partial charge in [-0.3, -0.25) is 4.79 Å². The summed E-state index contributed by atoms with van der Waals surface area (Å²) in [6.45, 7) is 6.92. The fraction of sp³-hybridized carbons (Fsp3) is 0.909. The summed E-state index contributed by atoms with van der Waals surface area (Å²) in [6.07, 6.45) is 0.558. The van der Waals surface area contributed by atoms with Gasteiger partial charge < -0.3 is 19.6 Å². The van der Waals surface area contributed by atoms with E-state index in [9.17, 15) is 4.79 Å². The smallest absolute Gasteiger partial charge is 0.220 e. The highest BCUT2D eigenvalue weighted by Gasteiger charge is 2.02. The molecule has 0 aromatic carbocycles. The van der Waals surface area contributed by atoms with Gasteiger partial charge in [0, 0.05) is 13.0 Å². The average molecular weight is 248 g/mol. The van der Waals surface area contributed by atoms with Crippen LogP contribution in [0.4, 0.5) is 0 Å². The minimum absolute atomic E-state index is 0.0694. The van der Waals surface area contributed by atoms with Crippen molar-refractivity contribution in [3.8, 4) is 0 Å². The van der Waals surface area contributed by atoms with Gasteiger partial charge in [0.15, 0.2) is 0 Å². The summed E-state index contributed by atoms with van der Waals surface area (Å²) in [5.74, 6) is 5.27. The molecular formula is C11H24N2O4. The van der Waals surface area contributed by atoms with Crippen LogP contribution in [0.5, 0.6) is 0 Å². The third-order valence-corrected chi connectivity index (χ3v) is 1.88. The van der Waals surface area contributed by atoms with E-state index in [0.717, 1.165) is 0 Å². The third-order valence-electron chi connectivity index (χ3n) is 1.88. The van der Waals surface area contributed by atoms with Crippen molar-refractivity contribution in [2.75, 3.05) is 39.6 Å². The Hall–Kier alpha value is -0.690. The van der Waals surface area contributed by atoms with Crippen LogP contribution in [0.15, 0.2) is 0 Å². The van der Waals surface area contributed by atoms with Crippen molar-refractivity contribution in [1.82, 2.24) is 5.32 Å². The molecule has 0 aliphatic heterocycles. The Balaban J connectivity index is 3.10. The van der Waals surface area contributed by atoms with E-state index in [1.54, 1.807) is 0 Å². The second kappa shape index (κ2) is 11.8. The lowest BCUT2D eigenvalue weighted by Crippen LogP contribution is -2.28. The highest BCUT2D eigenvalue weighted by molar-refractivity contribution is 5.75. The molecule has 6 heteroatoms. The first kappa shape index (κ1) is 16.3. The first-order valence-corrected chi connectivity index (χ1v) is 5.90. The number of nitrogens with one attached hydrogen (secondary N) is 1. The van der Waals surface area contributed by atoms with Gasteiger partial charge in [-0.15, -0.1) is 0 Å². The molecule has 6 nitrogen and oxygen atoms in total. The topological polar surface area (TPSA) is 82.8 Å². The molecule has 102 valence electrons. The van der Waals surface area contributed by atoms with Gasteiger partial charge in [0.05, 0.1) is 33.0 Å². The standard InChI is InChI=1S/C11H24N2O4/c1-10(2)9-11(14)13-3-4-15-5-6-16-7-8-17-12/h10H,3-9,12H2,1-2H3,(H,13,14). The van der Waals surface area contributed by atoms with Gasteiger partial charge in [0.1, 0.15) is 0 Å². The van der Waals surface area contributed by atoms with Gasteiger partial charge in [-0.25, -0.2) is 5.90 Å². The molecule has 0 aromatic heterocycles. The number of nitrogens with two attached hydrogens (primary N) is 1. The molecule has 0 aromatic rings. The van der Waals surface area contributed by atoms with Crippen molar-refractivity contribution < 1.29 is 19.1 Å². The molecule has 0 radical (unpaired) electrons. The van der Waals surface area contributed by atoms with Crippen molar-refractivity contribution >= 4 is 5.91 Å². The normalized spacial score (nSPS) is 10.8. The van der Waals surface area contributed by atoms with E-state index >= 15 is 0 Å². The number of carbonyl (C=O) groups is 1. The molecule has 1 amide bonds. The minimum atomic E-state index is 0.0694. The molecule has 0 spiro atoms. The summed E-state index contributed by atoms with van der Waals surface area (Å²) in [4.78, 5) is 15.6. The molecule has 3 N–H and O–H groups in total. The molecule has 0 aliphatic carbocycles. The number of ether oxygens (including phenoxy) is 2. The number of rotatable bonds is 11. The lowest BCUT2D eigenvalue weighted by molar-refractivity contribution is -0.122. The summed E-state index contributed by atoms with van der Waals surface area (Å²) < 4.78 is 10.4. The molecule has 0 saturated carbocycles. The fourth-order valence-corrected chi connectivity index (χ4v) is 1.13. The lowest BCUT2D eigenvalue weighted by Gasteiger charge is -2.08. The van der Waals surface area contributed by atoms with Crippen molar-refractivity contribution in [3.63, 3.8) is 0 Å². The highest BCUT2D eigenvalue weighted by atomic mass is 16.6. The van der Waals surface area contributed by atoms with Crippen LogP contribution in [-0.4, -0.2) is 45.5 Å². The number of carbonyl (C=O) groups excluding carboxylic acids is 1. The molecule has 0 saturated heterocycles. The predicted octanol–water partition coefficient (Wildman–Crippen LogP) is 0.0722. The Morgan fingerprint density at radius 2 is 1.71 bits per heavy atom. The SMILES string of the molecule is CC(C)CC(=O)NCCOCCOCCON. The molecule has 0 heterocycles. The van der Waals surface area contributed by atoms with Crippen molar-refractivity contribution in [1.29, 1.82) is 0 Å².